The van der Waals surface area contributed by atoms with E-state index in [1.165, 1.54) is 0 Å². The monoisotopic (exact) mass is 355 g/mol. The van der Waals surface area contributed by atoms with Crippen LogP contribution in [0.1, 0.15) is 17.1 Å². The van der Waals surface area contributed by atoms with Crippen molar-refractivity contribution in [2.45, 2.75) is 19.9 Å². The van der Waals surface area contributed by atoms with Crippen LogP contribution in [0.4, 0.5) is 5.69 Å². The summed E-state index contributed by atoms with van der Waals surface area (Å²) in [6.07, 6.45) is 6.87. The van der Waals surface area contributed by atoms with E-state index in [4.69, 9.17) is 0 Å². The molecule has 134 valence electrons. The lowest BCUT2D eigenvalue weighted by Gasteiger charge is -2.34. The zero-order chi connectivity index (χ0) is 18.8. The third-order valence-corrected chi connectivity index (χ3v) is 4.86. The number of aromatic nitrogens is 2. The highest BCUT2D eigenvalue weighted by atomic mass is 16.1. The van der Waals surface area contributed by atoms with E-state index in [-0.39, 0.29) is 0 Å². The minimum Gasteiger partial charge on any atom is -0.331 e. The first-order valence-corrected chi connectivity index (χ1v) is 8.98. The van der Waals surface area contributed by atoms with Gasteiger partial charge in [-0.15, -0.1) is 0 Å². The molecule has 1 unspecified atom stereocenters. The third kappa shape index (κ3) is 3.10. The summed E-state index contributed by atoms with van der Waals surface area (Å²) in [5, 5.41) is 0. The molecule has 0 fully saturated rings. The first-order chi connectivity index (χ1) is 13.2. The molecule has 0 radical (unpaired) electrons. The topological polar surface area (TPSA) is 38.1 Å². The molecule has 0 bridgehead atoms. The van der Waals surface area contributed by atoms with Gasteiger partial charge in [-0.05, 0) is 56.3 Å². The van der Waals surface area contributed by atoms with Gasteiger partial charge in [-0.1, -0.05) is 24.3 Å². The van der Waals surface area contributed by atoms with E-state index in [1.54, 1.807) is 6.20 Å². The molecule has 27 heavy (non-hydrogen) atoms. The van der Waals surface area contributed by atoms with E-state index in [0.29, 0.717) is 0 Å². The van der Waals surface area contributed by atoms with Crippen LogP contribution in [0.15, 0.2) is 79.1 Å². The van der Waals surface area contributed by atoms with Crippen LogP contribution in [0.5, 0.6) is 0 Å². The molecular formula is C23H21N3O. The van der Waals surface area contributed by atoms with Gasteiger partial charge >= 0.3 is 0 Å². The van der Waals surface area contributed by atoms with Gasteiger partial charge in [0.15, 0.2) is 0 Å². The van der Waals surface area contributed by atoms with Gasteiger partial charge in [0.25, 0.3) is 0 Å². The number of aryl methyl sites for hydroxylation is 2. The second-order valence-corrected chi connectivity index (χ2v) is 6.64. The standard InChI is InChI=1S/C23H21N3O/c1-17-11-12-18(2)26(17)22-14-19(21-10-6-7-13-24-21)15-25(23(22)16-27)20-8-4-3-5-9-20/h3-16,23H,1-2H3. The highest BCUT2D eigenvalue weighted by Crippen LogP contribution is 2.33. The lowest BCUT2D eigenvalue weighted by molar-refractivity contribution is -0.107. The maximum atomic E-state index is 12.2. The Labute approximate surface area is 159 Å². The van der Waals surface area contributed by atoms with Gasteiger partial charge in [0, 0.05) is 35.0 Å². The highest BCUT2D eigenvalue weighted by Gasteiger charge is 2.28. The molecule has 3 aromatic rings. The van der Waals surface area contributed by atoms with Crippen molar-refractivity contribution in [2.24, 2.45) is 0 Å². The van der Waals surface area contributed by atoms with E-state index in [2.05, 4.69) is 41.6 Å². The molecule has 0 spiro atoms. The number of para-hydroxylation sites is 1. The molecular weight excluding hydrogens is 334 g/mol. The molecule has 0 aliphatic carbocycles. The summed E-state index contributed by atoms with van der Waals surface area (Å²) >= 11 is 0. The second kappa shape index (κ2) is 7.08. The lowest BCUT2D eigenvalue weighted by Crippen LogP contribution is -2.37. The number of aldehydes is 1. The van der Waals surface area contributed by atoms with E-state index in [1.807, 2.05) is 59.6 Å². The van der Waals surface area contributed by atoms with Crippen LogP contribution in [0.2, 0.25) is 0 Å². The number of rotatable bonds is 4. The number of carbonyl (C=O) groups is 1. The molecule has 0 saturated carbocycles. The van der Waals surface area contributed by atoms with Gasteiger partial charge in [0.05, 0.1) is 11.4 Å². The van der Waals surface area contributed by atoms with Gasteiger partial charge in [-0.25, -0.2) is 0 Å². The number of benzene rings is 1. The lowest BCUT2D eigenvalue weighted by atomic mass is 10.0. The van der Waals surface area contributed by atoms with Gasteiger partial charge in [-0.3, -0.25) is 4.98 Å². The number of carbonyl (C=O) groups excluding carboxylic acids is 1. The zero-order valence-electron chi connectivity index (χ0n) is 15.4. The van der Waals surface area contributed by atoms with Crippen molar-refractivity contribution < 1.29 is 4.79 Å². The fourth-order valence-electron chi connectivity index (χ4n) is 3.57. The number of nitrogens with zero attached hydrogens (tertiary/aromatic N) is 3. The van der Waals surface area contributed by atoms with Crippen LogP contribution in [0.25, 0.3) is 11.3 Å². The smallest absolute Gasteiger partial charge is 0.148 e. The van der Waals surface area contributed by atoms with E-state index >= 15 is 0 Å². The molecule has 4 heteroatoms. The predicted octanol–water partition coefficient (Wildman–Crippen LogP) is 4.47. The summed E-state index contributed by atoms with van der Waals surface area (Å²) in [5.41, 5.74) is 5.94. The molecule has 1 aliphatic rings. The van der Waals surface area contributed by atoms with Crippen molar-refractivity contribution in [3.63, 3.8) is 0 Å². The van der Waals surface area contributed by atoms with Crippen LogP contribution < -0.4 is 4.90 Å². The van der Waals surface area contributed by atoms with E-state index in [9.17, 15) is 4.79 Å². The second-order valence-electron chi connectivity index (χ2n) is 6.64. The van der Waals surface area contributed by atoms with Gasteiger partial charge in [0.2, 0.25) is 0 Å². The van der Waals surface area contributed by atoms with Crippen molar-refractivity contribution in [3.05, 3.63) is 96.2 Å². The Balaban J connectivity index is 1.92. The van der Waals surface area contributed by atoms with Gasteiger partial charge < -0.3 is 14.3 Å². The minimum atomic E-state index is -0.412. The number of hydrogen-bond donors (Lipinski definition) is 0. The average Bonchev–Trinajstić information content (AvgIpc) is 3.06. The van der Waals surface area contributed by atoms with Crippen molar-refractivity contribution >= 4 is 23.2 Å². The van der Waals surface area contributed by atoms with Gasteiger partial charge in [0.1, 0.15) is 12.3 Å². The van der Waals surface area contributed by atoms with Crippen molar-refractivity contribution in [1.29, 1.82) is 0 Å². The number of hydrogen-bond acceptors (Lipinski definition) is 3. The van der Waals surface area contributed by atoms with Gasteiger partial charge in [-0.2, -0.15) is 0 Å². The number of pyridine rings is 1. The summed E-state index contributed by atoms with van der Waals surface area (Å²) in [6, 6.07) is 19.6. The largest absolute Gasteiger partial charge is 0.331 e. The number of allylic oxidation sites excluding steroid dienone is 2. The molecule has 0 saturated heterocycles. The van der Waals surface area contributed by atoms with Crippen LogP contribution in [-0.4, -0.2) is 21.9 Å². The molecule has 1 aliphatic heterocycles. The summed E-state index contributed by atoms with van der Waals surface area (Å²) in [6.45, 7) is 4.11. The first kappa shape index (κ1) is 17.0. The predicted molar refractivity (Wildman–Crippen MR) is 109 cm³/mol. The van der Waals surface area contributed by atoms with Crippen molar-refractivity contribution in [2.75, 3.05) is 4.90 Å². The Morgan fingerprint density at radius 1 is 0.926 bits per heavy atom. The SMILES string of the molecule is Cc1ccc(C)n1C1=CC(c2ccccn2)=CN(c2ccccc2)C1C=O. The molecule has 0 amide bonds. The Hall–Kier alpha value is -3.40. The summed E-state index contributed by atoms with van der Waals surface area (Å²) in [7, 11) is 0. The normalized spacial score (nSPS) is 16.7. The maximum Gasteiger partial charge on any atom is 0.148 e. The van der Waals surface area contributed by atoms with E-state index < -0.39 is 6.04 Å². The Morgan fingerprint density at radius 3 is 2.26 bits per heavy atom. The Morgan fingerprint density at radius 2 is 1.63 bits per heavy atom. The fourth-order valence-corrected chi connectivity index (χ4v) is 3.57. The summed E-state index contributed by atoms with van der Waals surface area (Å²) in [5.74, 6) is 0. The third-order valence-electron chi connectivity index (χ3n) is 4.86. The van der Waals surface area contributed by atoms with Crippen molar-refractivity contribution in [1.82, 2.24) is 9.55 Å². The highest BCUT2D eigenvalue weighted by molar-refractivity contribution is 5.93. The molecule has 1 aromatic carbocycles. The fraction of sp³-hybridized carbons (Fsp3) is 0.130. The first-order valence-electron chi connectivity index (χ1n) is 8.98. The average molecular weight is 355 g/mol. The molecule has 3 heterocycles. The van der Waals surface area contributed by atoms with E-state index in [0.717, 1.165) is 40.3 Å². The minimum absolute atomic E-state index is 0.412. The summed E-state index contributed by atoms with van der Waals surface area (Å²) in [4.78, 5) is 18.7. The molecule has 1 atom stereocenters. The molecule has 4 nitrogen and oxygen atoms in total. The Bertz CT molecular complexity index is 997. The Kier molecular flexibility index (Phi) is 4.47. The molecule has 4 rings (SSSR count). The van der Waals surface area contributed by atoms with Crippen molar-refractivity contribution in [3.8, 4) is 0 Å². The maximum absolute atomic E-state index is 12.2. The molecule has 0 N–H and O–H groups in total. The van der Waals surface area contributed by atoms with Crippen LogP contribution >= 0.6 is 0 Å². The number of anilines is 1. The van der Waals surface area contributed by atoms with Crippen LogP contribution in [-0.2, 0) is 4.79 Å². The molecule has 2 aromatic heterocycles. The zero-order valence-corrected chi connectivity index (χ0v) is 15.4. The summed E-state index contributed by atoms with van der Waals surface area (Å²) < 4.78 is 2.14. The quantitative estimate of drug-likeness (QED) is 0.648. The van der Waals surface area contributed by atoms with Crippen LogP contribution in [0.3, 0.4) is 0 Å². The van der Waals surface area contributed by atoms with Crippen LogP contribution in [0, 0.1) is 13.8 Å².